The van der Waals surface area contributed by atoms with E-state index in [2.05, 4.69) is 15.9 Å². The summed E-state index contributed by atoms with van der Waals surface area (Å²) in [4.78, 5) is 14.6. The van der Waals surface area contributed by atoms with Crippen LogP contribution in [0.1, 0.15) is 22.7 Å². The van der Waals surface area contributed by atoms with Crippen molar-refractivity contribution in [3.63, 3.8) is 0 Å². The highest BCUT2D eigenvalue weighted by Gasteiger charge is 2.40. The van der Waals surface area contributed by atoms with Crippen LogP contribution >= 0.6 is 15.9 Å². The summed E-state index contributed by atoms with van der Waals surface area (Å²) in [5.74, 6) is -1.01. The van der Waals surface area contributed by atoms with E-state index < -0.39 is 11.9 Å². The van der Waals surface area contributed by atoms with Crippen molar-refractivity contribution in [2.75, 3.05) is 0 Å². The SMILES string of the molecule is O=C1C(O)=C(c2ccccc2)[C@H](c2ccc(Br)cc2)N1Cc1ccc(F)cc1. The molecule has 3 aromatic rings. The molecule has 1 atom stereocenters. The monoisotopic (exact) mass is 437 g/mol. The maximum Gasteiger partial charge on any atom is 0.290 e. The summed E-state index contributed by atoms with van der Waals surface area (Å²) in [6.45, 7) is 0.264. The third-order valence-corrected chi connectivity index (χ3v) is 5.37. The van der Waals surface area contributed by atoms with Crippen molar-refractivity contribution >= 4 is 27.4 Å². The zero-order chi connectivity index (χ0) is 19.7. The number of aliphatic hydroxyl groups is 1. The fraction of sp³-hybridized carbons (Fsp3) is 0.0870. The average Bonchev–Trinajstić information content (AvgIpc) is 2.96. The molecule has 1 aliphatic rings. The highest BCUT2D eigenvalue weighted by molar-refractivity contribution is 9.10. The van der Waals surface area contributed by atoms with Gasteiger partial charge in [0.1, 0.15) is 5.82 Å². The summed E-state index contributed by atoms with van der Waals surface area (Å²) >= 11 is 3.44. The van der Waals surface area contributed by atoms with E-state index in [9.17, 15) is 14.3 Å². The first kappa shape index (κ1) is 18.4. The van der Waals surface area contributed by atoms with Gasteiger partial charge in [0, 0.05) is 16.6 Å². The van der Waals surface area contributed by atoms with Gasteiger partial charge in [0.05, 0.1) is 6.04 Å². The Balaban J connectivity index is 1.80. The molecule has 0 aromatic heterocycles. The van der Waals surface area contributed by atoms with Crippen molar-refractivity contribution in [2.45, 2.75) is 12.6 Å². The molecule has 0 bridgehead atoms. The second-order valence-electron chi connectivity index (χ2n) is 6.64. The minimum Gasteiger partial charge on any atom is -0.503 e. The molecule has 0 saturated heterocycles. The number of benzene rings is 3. The Morgan fingerprint density at radius 2 is 1.57 bits per heavy atom. The van der Waals surface area contributed by atoms with Gasteiger partial charge >= 0.3 is 0 Å². The minimum absolute atomic E-state index is 0.249. The van der Waals surface area contributed by atoms with E-state index >= 15 is 0 Å². The molecule has 28 heavy (non-hydrogen) atoms. The largest absolute Gasteiger partial charge is 0.503 e. The number of carbonyl (C=O) groups is 1. The molecule has 5 heteroatoms. The summed E-state index contributed by atoms with van der Waals surface area (Å²) < 4.78 is 14.2. The number of hydrogen-bond donors (Lipinski definition) is 1. The Kier molecular flexibility index (Phi) is 5.01. The summed E-state index contributed by atoms with van der Waals surface area (Å²) in [7, 11) is 0. The van der Waals surface area contributed by atoms with E-state index in [0.29, 0.717) is 5.57 Å². The lowest BCUT2D eigenvalue weighted by Crippen LogP contribution is -2.29. The molecular weight excluding hydrogens is 421 g/mol. The lowest BCUT2D eigenvalue weighted by Gasteiger charge is -2.27. The Morgan fingerprint density at radius 1 is 0.929 bits per heavy atom. The summed E-state index contributed by atoms with van der Waals surface area (Å²) in [6, 6.07) is 22.7. The second-order valence-corrected chi connectivity index (χ2v) is 7.56. The van der Waals surface area contributed by atoms with Gasteiger partial charge in [0.2, 0.25) is 0 Å². The van der Waals surface area contributed by atoms with Gasteiger partial charge in [-0.15, -0.1) is 0 Å². The molecule has 1 aliphatic heterocycles. The Bertz CT molecular complexity index is 1030. The fourth-order valence-electron chi connectivity index (χ4n) is 3.51. The fourth-order valence-corrected chi connectivity index (χ4v) is 3.77. The van der Waals surface area contributed by atoms with Gasteiger partial charge in [-0.25, -0.2) is 4.39 Å². The molecule has 0 spiro atoms. The van der Waals surface area contributed by atoms with Gasteiger partial charge in [-0.05, 0) is 41.0 Å². The number of carbonyl (C=O) groups excluding carboxylic acids is 1. The zero-order valence-electron chi connectivity index (χ0n) is 14.8. The molecule has 1 amide bonds. The minimum atomic E-state index is -0.437. The Labute approximate surface area is 170 Å². The normalized spacial score (nSPS) is 16.7. The van der Waals surface area contributed by atoms with E-state index in [1.807, 2.05) is 54.6 Å². The molecule has 1 heterocycles. The van der Waals surface area contributed by atoms with E-state index in [4.69, 9.17) is 0 Å². The average molecular weight is 438 g/mol. The smallest absolute Gasteiger partial charge is 0.290 e. The molecule has 0 radical (unpaired) electrons. The third-order valence-electron chi connectivity index (χ3n) is 4.84. The number of aliphatic hydroxyl groups excluding tert-OH is 1. The zero-order valence-corrected chi connectivity index (χ0v) is 16.4. The molecule has 3 nitrogen and oxygen atoms in total. The van der Waals surface area contributed by atoms with Gasteiger partial charge < -0.3 is 10.0 Å². The summed E-state index contributed by atoms with van der Waals surface area (Å²) in [6.07, 6.45) is 0. The van der Waals surface area contributed by atoms with Gasteiger partial charge in [0.15, 0.2) is 5.76 Å². The van der Waals surface area contributed by atoms with Crippen LogP contribution in [0.3, 0.4) is 0 Å². The number of hydrogen-bond acceptors (Lipinski definition) is 2. The van der Waals surface area contributed by atoms with Gasteiger partial charge in [-0.2, -0.15) is 0 Å². The lowest BCUT2D eigenvalue weighted by atomic mass is 9.93. The first-order valence-corrected chi connectivity index (χ1v) is 9.63. The van der Waals surface area contributed by atoms with Crippen LogP contribution in [0.25, 0.3) is 5.57 Å². The van der Waals surface area contributed by atoms with Crippen LogP contribution in [-0.2, 0) is 11.3 Å². The quantitative estimate of drug-likeness (QED) is 0.573. The molecule has 0 fully saturated rings. The van der Waals surface area contributed by atoms with Crippen LogP contribution in [0.15, 0.2) is 89.1 Å². The molecule has 140 valence electrons. The lowest BCUT2D eigenvalue weighted by molar-refractivity contribution is -0.130. The van der Waals surface area contributed by atoms with Crippen molar-refractivity contribution in [2.24, 2.45) is 0 Å². The van der Waals surface area contributed by atoms with Crippen LogP contribution in [0.4, 0.5) is 4.39 Å². The maximum absolute atomic E-state index is 13.3. The van der Waals surface area contributed by atoms with Crippen LogP contribution < -0.4 is 0 Å². The third kappa shape index (κ3) is 3.45. The summed E-state index contributed by atoms with van der Waals surface area (Å²) in [5, 5.41) is 10.7. The highest BCUT2D eigenvalue weighted by Crippen LogP contribution is 2.43. The van der Waals surface area contributed by atoms with E-state index in [-0.39, 0.29) is 18.1 Å². The number of amides is 1. The predicted octanol–water partition coefficient (Wildman–Crippen LogP) is 5.64. The van der Waals surface area contributed by atoms with Gasteiger partial charge in [-0.3, -0.25) is 4.79 Å². The molecule has 1 N–H and O–H groups in total. The van der Waals surface area contributed by atoms with E-state index in [1.54, 1.807) is 17.0 Å². The number of halogens is 2. The van der Waals surface area contributed by atoms with Crippen molar-refractivity contribution in [3.05, 3.63) is 112 Å². The van der Waals surface area contributed by atoms with E-state index in [1.165, 1.54) is 12.1 Å². The Morgan fingerprint density at radius 3 is 2.21 bits per heavy atom. The number of nitrogens with zero attached hydrogens (tertiary/aromatic N) is 1. The standard InChI is InChI=1S/C23H17BrFNO2/c24-18-10-8-17(9-11-18)21-20(16-4-2-1-3-5-16)22(27)23(28)26(21)14-15-6-12-19(25)13-7-15/h1-13,21,27H,14H2/t21-/m0/s1. The first-order valence-electron chi connectivity index (χ1n) is 8.84. The van der Waals surface area contributed by atoms with Crippen LogP contribution in [-0.4, -0.2) is 15.9 Å². The van der Waals surface area contributed by atoms with Crippen molar-refractivity contribution in [1.29, 1.82) is 0 Å². The molecule has 3 aromatic carbocycles. The molecular formula is C23H17BrFNO2. The van der Waals surface area contributed by atoms with Crippen molar-refractivity contribution < 1.29 is 14.3 Å². The van der Waals surface area contributed by atoms with Crippen LogP contribution in [0.2, 0.25) is 0 Å². The molecule has 0 saturated carbocycles. The van der Waals surface area contributed by atoms with Crippen molar-refractivity contribution in [3.8, 4) is 0 Å². The Hall–Kier alpha value is -2.92. The predicted molar refractivity (Wildman–Crippen MR) is 110 cm³/mol. The first-order chi connectivity index (χ1) is 13.5. The number of rotatable bonds is 4. The molecule has 4 rings (SSSR count). The maximum atomic E-state index is 13.3. The second kappa shape index (κ2) is 7.60. The van der Waals surface area contributed by atoms with Gasteiger partial charge in [0.25, 0.3) is 5.91 Å². The molecule has 0 aliphatic carbocycles. The highest BCUT2D eigenvalue weighted by atomic mass is 79.9. The van der Waals surface area contributed by atoms with Crippen molar-refractivity contribution in [1.82, 2.24) is 4.90 Å². The molecule has 0 unspecified atom stereocenters. The van der Waals surface area contributed by atoms with Crippen LogP contribution in [0, 0.1) is 5.82 Å². The van der Waals surface area contributed by atoms with Crippen LogP contribution in [0.5, 0.6) is 0 Å². The van der Waals surface area contributed by atoms with E-state index in [0.717, 1.165) is 21.2 Å². The topological polar surface area (TPSA) is 40.5 Å². The summed E-state index contributed by atoms with van der Waals surface area (Å²) in [5.41, 5.74) is 3.05. The van der Waals surface area contributed by atoms with Gasteiger partial charge in [-0.1, -0.05) is 70.5 Å².